The lowest BCUT2D eigenvalue weighted by atomic mass is 10.2. The maximum absolute atomic E-state index is 12.4. The molecule has 31 heavy (non-hydrogen) atoms. The summed E-state index contributed by atoms with van der Waals surface area (Å²) in [5.74, 6) is 1.27. The summed E-state index contributed by atoms with van der Waals surface area (Å²) in [6.07, 6.45) is 0. The summed E-state index contributed by atoms with van der Waals surface area (Å²) in [6, 6.07) is 19.8. The van der Waals surface area contributed by atoms with Crippen LogP contribution in [0.4, 0.5) is 0 Å². The number of hydrogen-bond acceptors (Lipinski definition) is 7. The predicted octanol–water partition coefficient (Wildman–Crippen LogP) is 4.31. The van der Waals surface area contributed by atoms with E-state index in [9.17, 15) is 4.79 Å². The van der Waals surface area contributed by atoms with Gasteiger partial charge in [0, 0.05) is 23.1 Å². The Morgan fingerprint density at radius 3 is 2.55 bits per heavy atom. The molecule has 154 valence electrons. The summed E-state index contributed by atoms with van der Waals surface area (Å²) in [5.41, 5.74) is 3.68. The van der Waals surface area contributed by atoms with Gasteiger partial charge in [-0.3, -0.25) is 9.36 Å². The average Bonchev–Trinajstić information content (AvgIpc) is 3.37. The van der Waals surface area contributed by atoms with Gasteiger partial charge < -0.3 is 0 Å². The van der Waals surface area contributed by atoms with Gasteiger partial charge >= 0.3 is 0 Å². The van der Waals surface area contributed by atoms with Gasteiger partial charge in [0.1, 0.15) is 5.01 Å². The average molecular weight is 447 g/mol. The van der Waals surface area contributed by atoms with Crippen LogP contribution in [0.3, 0.4) is 0 Å². The van der Waals surface area contributed by atoms with Crippen molar-refractivity contribution in [2.45, 2.75) is 24.8 Å². The highest BCUT2D eigenvalue weighted by Crippen LogP contribution is 2.29. The maximum Gasteiger partial charge on any atom is 0.275 e. The fraction of sp³-hybridized carbons (Fsp3) is 0.136. The van der Waals surface area contributed by atoms with Crippen LogP contribution in [0.2, 0.25) is 0 Å². The number of aryl methyl sites for hydroxylation is 2. The molecule has 3 heterocycles. The van der Waals surface area contributed by atoms with E-state index in [1.54, 1.807) is 0 Å². The van der Waals surface area contributed by atoms with Crippen molar-refractivity contribution in [3.05, 3.63) is 87.3 Å². The highest BCUT2D eigenvalue weighted by molar-refractivity contribution is 7.98. The minimum absolute atomic E-state index is 0.171. The fourth-order valence-electron chi connectivity index (χ4n) is 3.23. The molecule has 5 aromatic rings. The third-order valence-corrected chi connectivity index (χ3v) is 6.49. The lowest BCUT2D eigenvalue weighted by Crippen LogP contribution is -2.15. The standard InChI is InChI=1S/C22H18N6OS2/c1-14-8-10-18(11-9-14)27-20(16-6-4-3-5-7-16)24-25-22(27)30-13-17-12-19(29)28-21(23-17)31-15(2)26-28/h3-12H,13H2,1-2H3. The SMILES string of the molecule is Cc1ccc(-n2c(SCc3cc(=O)n4nc(C)sc4n3)nnc2-c2ccccc2)cc1. The molecule has 0 saturated heterocycles. The number of thioether (sulfide) groups is 1. The molecule has 0 unspecified atom stereocenters. The van der Waals surface area contributed by atoms with Crippen LogP contribution < -0.4 is 5.56 Å². The minimum Gasteiger partial charge on any atom is -0.270 e. The molecular formula is C22H18N6OS2. The van der Waals surface area contributed by atoms with Crippen molar-refractivity contribution in [1.29, 1.82) is 0 Å². The first-order chi connectivity index (χ1) is 15.1. The van der Waals surface area contributed by atoms with Gasteiger partial charge in [0.05, 0.1) is 5.69 Å². The summed E-state index contributed by atoms with van der Waals surface area (Å²) in [4.78, 5) is 17.6. The summed E-state index contributed by atoms with van der Waals surface area (Å²) in [6.45, 7) is 3.92. The van der Waals surface area contributed by atoms with Crippen molar-refractivity contribution in [2.24, 2.45) is 0 Å². The van der Waals surface area contributed by atoms with E-state index in [-0.39, 0.29) is 5.56 Å². The van der Waals surface area contributed by atoms with Crippen molar-refractivity contribution < 1.29 is 0 Å². The van der Waals surface area contributed by atoms with Crippen molar-refractivity contribution in [2.75, 3.05) is 0 Å². The van der Waals surface area contributed by atoms with E-state index in [4.69, 9.17) is 0 Å². The summed E-state index contributed by atoms with van der Waals surface area (Å²) < 4.78 is 3.39. The second-order valence-corrected chi connectivity index (χ2v) is 9.14. The third kappa shape index (κ3) is 3.89. The van der Waals surface area contributed by atoms with Crippen LogP contribution in [0.1, 0.15) is 16.3 Å². The molecule has 0 spiro atoms. The highest BCUT2D eigenvalue weighted by Gasteiger charge is 2.17. The number of hydrogen-bond donors (Lipinski definition) is 0. The van der Waals surface area contributed by atoms with E-state index in [0.717, 1.165) is 27.2 Å². The van der Waals surface area contributed by atoms with E-state index >= 15 is 0 Å². The molecule has 0 saturated carbocycles. The van der Waals surface area contributed by atoms with E-state index in [1.807, 2.05) is 41.8 Å². The number of aromatic nitrogens is 6. The lowest BCUT2D eigenvalue weighted by Gasteiger charge is -2.10. The minimum atomic E-state index is -0.171. The molecular weight excluding hydrogens is 428 g/mol. The zero-order chi connectivity index (χ0) is 21.4. The van der Waals surface area contributed by atoms with Crippen LogP contribution in [0.15, 0.2) is 70.6 Å². The number of benzene rings is 2. The van der Waals surface area contributed by atoms with Crippen LogP contribution in [-0.4, -0.2) is 29.4 Å². The fourth-order valence-corrected chi connectivity index (χ4v) is 4.84. The van der Waals surface area contributed by atoms with Crippen molar-refractivity contribution in [3.63, 3.8) is 0 Å². The number of fused-ring (bicyclic) bond motifs is 1. The molecule has 0 fully saturated rings. The van der Waals surface area contributed by atoms with Gasteiger partial charge in [0.2, 0.25) is 4.96 Å². The van der Waals surface area contributed by atoms with E-state index in [0.29, 0.717) is 16.4 Å². The Kier molecular flexibility index (Phi) is 5.13. The molecule has 3 aromatic heterocycles. The molecule has 5 rings (SSSR count). The van der Waals surface area contributed by atoms with Gasteiger partial charge in [-0.05, 0) is 26.0 Å². The quantitative estimate of drug-likeness (QED) is 0.375. The van der Waals surface area contributed by atoms with Crippen LogP contribution in [0.5, 0.6) is 0 Å². The van der Waals surface area contributed by atoms with E-state index in [1.165, 1.54) is 39.2 Å². The van der Waals surface area contributed by atoms with E-state index in [2.05, 4.69) is 51.5 Å². The summed E-state index contributed by atoms with van der Waals surface area (Å²) in [5, 5.41) is 14.7. The highest BCUT2D eigenvalue weighted by atomic mass is 32.2. The van der Waals surface area contributed by atoms with E-state index < -0.39 is 0 Å². The molecule has 0 bridgehead atoms. The normalized spacial score (nSPS) is 11.3. The molecule has 0 aliphatic heterocycles. The summed E-state index contributed by atoms with van der Waals surface area (Å²) in [7, 11) is 0. The molecule has 0 amide bonds. The van der Waals surface area contributed by atoms with Crippen molar-refractivity contribution in [3.8, 4) is 17.1 Å². The van der Waals surface area contributed by atoms with Gasteiger partial charge in [0.25, 0.3) is 5.56 Å². The molecule has 9 heteroatoms. The summed E-state index contributed by atoms with van der Waals surface area (Å²) >= 11 is 2.90. The molecule has 7 nitrogen and oxygen atoms in total. The second-order valence-electron chi connectivity index (χ2n) is 7.03. The molecule has 0 aliphatic rings. The maximum atomic E-state index is 12.4. The van der Waals surface area contributed by atoms with Crippen LogP contribution in [0, 0.1) is 13.8 Å². The van der Waals surface area contributed by atoms with Crippen molar-refractivity contribution in [1.82, 2.24) is 29.4 Å². The van der Waals surface area contributed by atoms with Crippen LogP contribution in [-0.2, 0) is 5.75 Å². The smallest absolute Gasteiger partial charge is 0.270 e. The number of rotatable bonds is 5. The largest absolute Gasteiger partial charge is 0.275 e. The first-order valence-electron chi connectivity index (χ1n) is 9.65. The van der Waals surface area contributed by atoms with Crippen LogP contribution >= 0.6 is 23.1 Å². The van der Waals surface area contributed by atoms with Crippen molar-refractivity contribution >= 4 is 28.1 Å². The Hall–Kier alpha value is -3.30. The molecule has 0 atom stereocenters. The van der Waals surface area contributed by atoms with Gasteiger partial charge in [0.15, 0.2) is 11.0 Å². The Balaban J connectivity index is 1.53. The molecule has 0 radical (unpaired) electrons. The van der Waals surface area contributed by atoms with Gasteiger partial charge in [-0.15, -0.1) is 10.2 Å². The third-order valence-electron chi connectivity index (χ3n) is 4.71. The Labute approximate surface area is 186 Å². The lowest BCUT2D eigenvalue weighted by molar-refractivity contribution is 0.868. The molecule has 0 aliphatic carbocycles. The Bertz CT molecular complexity index is 1420. The molecule has 0 N–H and O–H groups in total. The topological polar surface area (TPSA) is 78.0 Å². The Morgan fingerprint density at radius 1 is 1.00 bits per heavy atom. The zero-order valence-electron chi connectivity index (χ0n) is 16.9. The second kappa shape index (κ2) is 8.09. The monoisotopic (exact) mass is 446 g/mol. The van der Waals surface area contributed by atoms with Crippen LogP contribution in [0.25, 0.3) is 22.0 Å². The zero-order valence-corrected chi connectivity index (χ0v) is 18.5. The van der Waals surface area contributed by atoms with Gasteiger partial charge in [-0.1, -0.05) is 71.1 Å². The Morgan fingerprint density at radius 2 is 1.77 bits per heavy atom. The number of nitrogens with zero attached hydrogens (tertiary/aromatic N) is 6. The van der Waals surface area contributed by atoms with Gasteiger partial charge in [-0.2, -0.15) is 9.61 Å². The van der Waals surface area contributed by atoms with Gasteiger partial charge in [-0.25, -0.2) is 4.98 Å². The first-order valence-corrected chi connectivity index (χ1v) is 11.5. The first kappa shape index (κ1) is 19.7. The molecule has 2 aromatic carbocycles. The predicted molar refractivity (Wildman–Crippen MR) is 123 cm³/mol.